The highest BCUT2D eigenvalue weighted by atomic mass is 16.5. The van der Waals surface area contributed by atoms with E-state index in [1.165, 1.54) is 0 Å². The molecule has 0 aliphatic carbocycles. The molecule has 0 spiro atoms. The Morgan fingerprint density at radius 3 is 1.60 bits per heavy atom. The lowest BCUT2D eigenvalue weighted by Crippen LogP contribution is -2.11. The minimum absolute atomic E-state index is 0.227. The standard InChI is InChI=1S/C6H14O2.C5H12O2/c1-3-7-5-6-8-4-2;1-5(7-3)4-6-2/h3-6H2,1-2H3;5H,4H2,1-3H3. The number of ether oxygens (including phenoxy) is 4. The molecule has 4 heteroatoms. The molecule has 0 N–H and O–H groups in total. The van der Waals surface area contributed by atoms with Gasteiger partial charge in [-0.2, -0.15) is 0 Å². The summed E-state index contributed by atoms with van der Waals surface area (Å²) in [5, 5.41) is 0. The van der Waals surface area contributed by atoms with Gasteiger partial charge >= 0.3 is 0 Å². The number of methoxy groups -OCH3 is 2. The van der Waals surface area contributed by atoms with Gasteiger partial charge in [-0.1, -0.05) is 0 Å². The van der Waals surface area contributed by atoms with Gasteiger partial charge in [0, 0.05) is 27.4 Å². The van der Waals surface area contributed by atoms with E-state index in [1.54, 1.807) is 14.2 Å². The van der Waals surface area contributed by atoms with Gasteiger partial charge in [-0.25, -0.2) is 0 Å². The van der Waals surface area contributed by atoms with E-state index in [0.29, 0.717) is 6.61 Å². The van der Waals surface area contributed by atoms with Crippen molar-refractivity contribution in [2.24, 2.45) is 0 Å². The first kappa shape index (κ1) is 17.2. The summed E-state index contributed by atoms with van der Waals surface area (Å²) < 4.78 is 19.7. The second-order valence-electron chi connectivity index (χ2n) is 2.90. The minimum Gasteiger partial charge on any atom is -0.382 e. The molecule has 0 bridgehead atoms. The summed E-state index contributed by atoms with van der Waals surface area (Å²) in [4.78, 5) is 0. The van der Waals surface area contributed by atoms with Crippen LogP contribution < -0.4 is 0 Å². The molecule has 0 saturated heterocycles. The van der Waals surface area contributed by atoms with Crippen LogP contribution in [0.4, 0.5) is 0 Å². The van der Waals surface area contributed by atoms with Crippen LogP contribution in [0.2, 0.25) is 0 Å². The van der Waals surface area contributed by atoms with E-state index in [-0.39, 0.29) is 6.10 Å². The van der Waals surface area contributed by atoms with E-state index in [1.807, 2.05) is 20.8 Å². The molecule has 4 nitrogen and oxygen atoms in total. The number of hydrogen-bond donors (Lipinski definition) is 0. The van der Waals surface area contributed by atoms with Crippen molar-refractivity contribution in [2.75, 3.05) is 47.3 Å². The zero-order chi connectivity index (χ0) is 11.9. The van der Waals surface area contributed by atoms with E-state index in [9.17, 15) is 0 Å². The molecule has 0 aromatic carbocycles. The van der Waals surface area contributed by atoms with Crippen molar-refractivity contribution in [3.63, 3.8) is 0 Å². The number of rotatable bonds is 8. The van der Waals surface area contributed by atoms with Crippen LogP contribution in [0.25, 0.3) is 0 Å². The molecular weight excluding hydrogens is 196 g/mol. The molecular formula is C11H26O4. The summed E-state index contributed by atoms with van der Waals surface area (Å²) in [5.41, 5.74) is 0. The van der Waals surface area contributed by atoms with E-state index < -0.39 is 0 Å². The molecule has 15 heavy (non-hydrogen) atoms. The molecule has 0 aromatic heterocycles. The average Bonchev–Trinajstić information content (AvgIpc) is 2.26. The van der Waals surface area contributed by atoms with Crippen LogP contribution >= 0.6 is 0 Å². The van der Waals surface area contributed by atoms with Gasteiger partial charge in [0.1, 0.15) is 0 Å². The SMILES string of the molecule is CCOCCOCC.COCC(C)OC. The maximum absolute atomic E-state index is 5.01. The Balaban J connectivity index is 0. The highest BCUT2D eigenvalue weighted by molar-refractivity contribution is 4.41. The van der Waals surface area contributed by atoms with E-state index in [0.717, 1.165) is 26.4 Å². The van der Waals surface area contributed by atoms with Gasteiger partial charge in [0.25, 0.3) is 0 Å². The predicted octanol–water partition coefficient (Wildman–Crippen LogP) is 1.73. The number of hydrogen-bond acceptors (Lipinski definition) is 4. The second-order valence-corrected chi connectivity index (χ2v) is 2.90. The molecule has 0 saturated carbocycles. The van der Waals surface area contributed by atoms with Crippen molar-refractivity contribution in [3.05, 3.63) is 0 Å². The quantitative estimate of drug-likeness (QED) is 0.586. The van der Waals surface area contributed by atoms with Gasteiger partial charge < -0.3 is 18.9 Å². The zero-order valence-corrected chi connectivity index (χ0v) is 10.7. The zero-order valence-electron chi connectivity index (χ0n) is 10.7. The molecule has 0 aliphatic heterocycles. The molecule has 94 valence electrons. The summed E-state index contributed by atoms with van der Waals surface area (Å²) in [5.74, 6) is 0. The molecule has 0 rings (SSSR count). The Hall–Kier alpha value is -0.160. The first-order valence-electron chi connectivity index (χ1n) is 5.40. The summed E-state index contributed by atoms with van der Waals surface area (Å²) in [6, 6.07) is 0. The van der Waals surface area contributed by atoms with Crippen LogP contribution in [0, 0.1) is 0 Å². The first-order chi connectivity index (χ1) is 7.22. The summed E-state index contributed by atoms with van der Waals surface area (Å²) in [6.45, 7) is 9.62. The topological polar surface area (TPSA) is 36.9 Å². The fraction of sp³-hybridized carbons (Fsp3) is 1.00. The molecule has 0 radical (unpaired) electrons. The summed E-state index contributed by atoms with van der Waals surface area (Å²) in [7, 11) is 3.33. The van der Waals surface area contributed by atoms with E-state index >= 15 is 0 Å². The smallest absolute Gasteiger partial charge is 0.0776 e. The van der Waals surface area contributed by atoms with Crippen molar-refractivity contribution < 1.29 is 18.9 Å². The Morgan fingerprint density at radius 2 is 1.40 bits per heavy atom. The Labute approximate surface area is 93.8 Å². The molecule has 0 fully saturated rings. The Kier molecular flexibility index (Phi) is 18.7. The summed E-state index contributed by atoms with van der Waals surface area (Å²) >= 11 is 0. The second kappa shape index (κ2) is 16.3. The van der Waals surface area contributed by atoms with Crippen molar-refractivity contribution in [1.29, 1.82) is 0 Å². The van der Waals surface area contributed by atoms with Gasteiger partial charge in [-0.15, -0.1) is 0 Å². The van der Waals surface area contributed by atoms with Gasteiger partial charge in [-0.05, 0) is 20.8 Å². The van der Waals surface area contributed by atoms with Crippen molar-refractivity contribution in [3.8, 4) is 0 Å². The molecule has 0 aliphatic rings. The van der Waals surface area contributed by atoms with Crippen LogP contribution in [0.5, 0.6) is 0 Å². The van der Waals surface area contributed by atoms with Crippen LogP contribution in [0.15, 0.2) is 0 Å². The third-order valence-corrected chi connectivity index (χ3v) is 1.58. The molecule has 0 amide bonds. The highest BCUT2D eigenvalue weighted by Crippen LogP contribution is 1.84. The van der Waals surface area contributed by atoms with Gasteiger partial charge in [0.2, 0.25) is 0 Å². The van der Waals surface area contributed by atoms with Crippen molar-refractivity contribution in [1.82, 2.24) is 0 Å². The van der Waals surface area contributed by atoms with E-state index in [2.05, 4.69) is 0 Å². The van der Waals surface area contributed by atoms with Gasteiger partial charge in [0.15, 0.2) is 0 Å². The maximum atomic E-state index is 5.01. The lowest BCUT2D eigenvalue weighted by molar-refractivity contribution is 0.0401. The third kappa shape index (κ3) is 20.0. The van der Waals surface area contributed by atoms with Crippen molar-refractivity contribution >= 4 is 0 Å². The predicted molar refractivity (Wildman–Crippen MR) is 61.3 cm³/mol. The maximum Gasteiger partial charge on any atom is 0.0776 e. The lowest BCUT2D eigenvalue weighted by Gasteiger charge is -2.05. The Morgan fingerprint density at radius 1 is 0.933 bits per heavy atom. The van der Waals surface area contributed by atoms with Gasteiger partial charge in [0.05, 0.1) is 25.9 Å². The van der Waals surface area contributed by atoms with Gasteiger partial charge in [-0.3, -0.25) is 0 Å². The largest absolute Gasteiger partial charge is 0.382 e. The first-order valence-corrected chi connectivity index (χ1v) is 5.40. The molecule has 0 aromatic rings. The molecule has 1 atom stereocenters. The van der Waals surface area contributed by atoms with Crippen LogP contribution in [-0.4, -0.2) is 53.4 Å². The van der Waals surface area contributed by atoms with Crippen molar-refractivity contribution in [2.45, 2.75) is 26.9 Å². The van der Waals surface area contributed by atoms with E-state index in [4.69, 9.17) is 18.9 Å². The fourth-order valence-corrected chi connectivity index (χ4v) is 0.709. The lowest BCUT2D eigenvalue weighted by atomic mass is 10.4. The third-order valence-electron chi connectivity index (χ3n) is 1.58. The normalized spacial score (nSPS) is 11.8. The Bertz CT molecular complexity index is 92.6. The highest BCUT2D eigenvalue weighted by Gasteiger charge is 1.93. The molecule has 1 unspecified atom stereocenters. The van der Waals surface area contributed by atoms with Crippen LogP contribution in [0.3, 0.4) is 0 Å². The fourth-order valence-electron chi connectivity index (χ4n) is 0.709. The molecule has 0 heterocycles. The minimum atomic E-state index is 0.227. The summed E-state index contributed by atoms with van der Waals surface area (Å²) in [6.07, 6.45) is 0.227. The van der Waals surface area contributed by atoms with Crippen LogP contribution in [0.1, 0.15) is 20.8 Å². The monoisotopic (exact) mass is 222 g/mol. The van der Waals surface area contributed by atoms with Crippen LogP contribution in [-0.2, 0) is 18.9 Å². The average molecular weight is 222 g/mol.